The Morgan fingerprint density at radius 1 is 1.00 bits per heavy atom. The molecule has 0 unspecified atom stereocenters. The number of rotatable bonds is 1. The molecular formula is C11H8O3. The quantitative estimate of drug-likeness (QED) is 0.673. The van der Waals surface area contributed by atoms with Crippen molar-refractivity contribution in [1.82, 2.24) is 0 Å². The summed E-state index contributed by atoms with van der Waals surface area (Å²) in [5, 5.41) is 19.8. The second kappa shape index (κ2) is 3.03. The van der Waals surface area contributed by atoms with Gasteiger partial charge in [-0.15, -0.1) is 0 Å². The first-order valence-electron chi connectivity index (χ1n) is 4.12. The van der Waals surface area contributed by atoms with Gasteiger partial charge in [-0.25, -0.2) is 0 Å². The Labute approximate surface area is 80.2 Å². The molecule has 0 heterocycles. The van der Waals surface area contributed by atoms with Crippen molar-refractivity contribution >= 4 is 17.1 Å². The minimum absolute atomic E-state index is 0.0569. The lowest BCUT2D eigenvalue weighted by Crippen LogP contribution is -1.83. The first kappa shape index (κ1) is 8.56. The molecule has 0 spiro atoms. The molecule has 0 aromatic heterocycles. The molecule has 0 radical (unpaired) electrons. The van der Waals surface area contributed by atoms with E-state index in [9.17, 15) is 15.0 Å². The van der Waals surface area contributed by atoms with E-state index in [0.29, 0.717) is 16.3 Å². The molecule has 0 bridgehead atoms. The van der Waals surface area contributed by atoms with Crippen LogP contribution in [0.1, 0.15) is 10.4 Å². The van der Waals surface area contributed by atoms with E-state index in [1.807, 2.05) is 0 Å². The van der Waals surface area contributed by atoms with E-state index in [0.717, 1.165) is 6.29 Å². The van der Waals surface area contributed by atoms with Crippen molar-refractivity contribution in [3.63, 3.8) is 0 Å². The number of benzene rings is 2. The largest absolute Gasteiger partial charge is 0.508 e. The van der Waals surface area contributed by atoms with Gasteiger partial charge in [0.25, 0.3) is 0 Å². The Bertz CT molecular complexity index is 503. The third kappa shape index (κ3) is 1.19. The number of aldehydes is 1. The van der Waals surface area contributed by atoms with Crippen LogP contribution in [0.3, 0.4) is 0 Å². The third-order valence-electron chi connectivity index (χ3n) is 2.14. The molecule has 0 aliphatic rings. The Balaban J connectivity index is 2.91. The van der Waals surface area contributed by atoms with Gasteiger partial charge in [0.1, 0.15) is 11.5 Å². The van der Waals surface area contributed by atoms with E-state index >= 15 is 0 Å². The Morgan fingerprint density at radius 2 is 1.79 bits per heavy atom. The number of phenolic OH excluding ortho intramolecular Hbond substituents is 2. The number of aromatic hydroxyl groups is 2. The maximum atomic E-state index is 10.7. The maximum absolute atomic E-state index is 10.7. The topological polar surface area (TPSA) is 57.5 Å². The van der Waals surface area contributed by atoms with Crippen LogP contribution in [-0.4, -0.2) is 16.5 Å². The number of phenols is 2. The minimum Gasteiger partial charge on any atom is -0.508 e. The molecule has 0 saturated carbocycles. The molecule has 0 saturated heterocycles. The van der Waals surface area contributed by atoms with Crippen molar-refractivity contribution in [2.45, 2.75) is 0 Å². The van der Waals surface area contributed by atoms with Crippen LogP contribution in [0.2, 0.25) is 0 Å². The van der Waals surface area contributed by atoms with Gasteiger partial charge in [0.2, 0.25) is 0 Å². The molecule has 0 fully saturated rings. The Kier molecular flexibility index (Phi) is 1.85. The van der Waals surface area contributed by atoms with Crippen molar-refractivity contribution in [1.29, 1.82) is 0 Å². The van der Waals surface area contributed by atoms with Gasteiger partial charge in [-0.1, -0.05) is 0 Å². The summed E-state index contributed by atoms with van der Waals surface area (Å²) in [5.74, 6) is 0.123. The van der Waals surface area contributed by atoms with Gasteiger partial charge >= 0.3 is 0 Å². The van der Waals surface area contributed by atoms with E-state index in [2.05, 4.69) is 0 Å². The van der Waals surface area contributed by atoms with Crippen LogP contribution < -0.4 is 0 Å². The Hall–Kier alpha value is -2.03. The molecule has 2 aromatic rings. The standard InChI is InChI=1S/C11H8O3/c12-6-7-1-4-11(14)10-5-8(13)2-3-9(7)10/h1-6,13-14H. The van der Waals surface area contributed by atoms with Crippen LogP contribution in [0, 0.1) is 0 Å². The summed E-state index contributed by atoms with van der Waals surface area (Å²) in [7, 11) is 0. The molecule has 0 aliphatic carbocycles. The summed E-state index contributed by atoms with van der Waals surface area (Å²) in [4.78, 5) is 10.7. The molecule has 70 valence electrons. The first-order chi connectivity index (χ1) is 6.72. The fraction of sp³-hybridized carbons (Fsp3) is 0. The molecule has 2 rings (SSSR count). The SMILES string of the molecule is O=Cc1ccc(O)c2cc(O)ccc12. The third-order valence-corrected chi connectivity index (χ3v) is 2.14. The first-order valence-corrected chi connectivity index (χ1v) is 4.12. The van der Waals surface area contributed by atoms with Gasteiger partial charge in [-0.05, 0) is 35.7 Å². The van der Waals surface area contributed by atoms with Gasteiger partial charge in [0.15, 0.2) is 6.29 Å². The van der Waals surface area contributed by atoms with Gasteiger partial charge in [-0.2, -0.15) is 0 Å². The van der Waals surface area contributed by atoms with E-state index < -0.39 is 0 Å². The minimum atomic E-state index is 0.0569. The molecule has 0 aliphatic heterocycles. The predicted molar refractivity (Wildman–Crippen MR) is 52.7 cm³/mol. The lowest BCUT2D eigenvalue weighted by molar-refractivity contribution is 0.112. The highest BCUT2D eigenvalue weighted by atomic mass is 16.3. The lowest BCUT2D eigenvalue weighted by atomic mass is 10.0. The number of fused-ring (bicyclic) bond motifs is 1. The van der Waals surface area contributed by atoms with E-state index in [-0.39, 0.29) is 11.5 Å². The summed E-state index contributed by atoms with van der Waals surface area (Å²) in [6.07, 6.45) is 0.721. The average molecular weight is 188 g/mol. The number of carbonyl (C=O) groups is 1. The number of hydrogen-bond acceptors (Lipinski definition) is 3. The van der Waals surface area contributed by atoms with Crippen molar-refractivity contribution in [3.05, 3.63) is 35.9 Å². The van der Waals surface area contributed by atoms with Crippen molar-refractivity contribution < 1.29 is 15.0 Å². The zero-order valence-electron chi connectivity index (χ0n) is 7.27. The van der Waals surface area contributed by atoms with Gasteiger partial charge in [0, 0.05) is 10.9 Å². The molecule has 0 atom stereocenters. The monoisotopic (exact) mass is 188 g/mol. The normalized spacial score (nSPS) is 10.3. The van der Waals surface area contributed by atoms with Gasteiger partial charge in [0.05, 0.1) is 0 Å². The highest BCUT2D eigenvalue weighted by Crippen LogP contribution is 2.29. The van der Waals surface area contributed by atoms with Crippen molar-refractivity contribution in [2.24, 2.45) is 0 Å². The van der Waals surface area contributed by atoms with Crippen LogP contribution in [0.4, 0.5) is 0 Å². The molecule has 14 heavy (non-hydrogen) atoms. The second-order valence-electron chi connectivity index (χ2n) is 3.02. The molecular weight excluding hydrogens is 180 g/mol. The number of hydrogen-bond donors (Lipinski definition) is 2. The summed E-state index contributed by atoms with van der Waals surface area (Å²) < 4.78 is 0. The summed E-state index contributed by atoms with van der Waals surface area (Å²) in [5.41, 5.74) is 0.498. The number of carbonyl (C=O) groups excluding carboxylic acids is 1. The Morgan fingerprint density at radius 3 is 2.50 bits per heavy atom. The summed E-state index contributed by atoms with van der Waals surface area (Å²) in [6.45, 7) is 0. The van der Waals surface area contributed by atoms with Crippen LogP contribution >= 0.6 is 0 Å². The molecule has 3 heteroatoms. The van der Waals surface area contributed by atoms with E-state index in [1.165, 1.54) is 18.2 Å². The second-order valence-corrected chi connectivity index (χ2v) is 3.02. The summed E-state index contributed by atoms with van der Waals surface area (Å²) in [6, 6.07) is 7.49. The highest BCUT2D eigenvalue weighted by molar-refractivity contribution is 6.01. The fourth-order valence-corrected chi connectivity index (χ4v) is 1.45. The smallest absolute Gasteiger partial charge is 0.150 e. The molecule has 2 N–H and O–H groups in total. The highest BCUT2D eigenvalue weighted by Gasteiger charge is 2.04. The van der Waals surface area contributed by atoms with Crippen molar-refractivity contribution in [2.75, 3.05) is 0 Å². The zero-order chi connectivity index (χ0) is 10.1. The molecule has 3 nitrogen and oxygen atoms in total. The van der Waals surface area contributed by atoms with E-state index in [4.69, 9.17) is 0 Å². The maximum Gasteiger partial charge on any atom is 0.150 e. The van der Waals surface area contributed by atoms with Crippen LogP contribution in [0.25, 0.3) is 10.8 Å². The van der Waals surface area contributed by atoms with E-state index in [1.54, 1.807) is 12.1 Å². The van der Waals surface area contributed by atoms with Crippen molar-refractivity contribution in [3.8, 4) is 11.5 Å². The lowest BCUT2D eigenvalue weighted by Gasteiger charge is -2.03. The average Bonchev–Trinajstić information content (AvgIpc) is 2.19. The molecule has 0 amide bonds. The zero-order valence-corrected chi connectivity index (χ0v) is 7.27. The predicted octanol–water partition coefficient (Wildman–Crippen LogP) is 2.06. The van der Waals surface area contributed by atoms with Crippen LogP contribution in [0.15, 0.2) is 30.3 Å². The molecule has 2 aromatic carbocycles. The van der Waals surface area contributed by atoms with Gasteiger partial charge in [-0.3, -0.25) is 4.79 Å². The van der Waals surface area contributed by atoms with Gasteiger partial charge < -0.3 is 10.2 Å². The fourth-order valence-electron chi connectivity index (χ4n) is 1.45. The van der Waals surface area contributed by atoms with Crippen LogP contribution in [0.5, 0.6) is 11.5 Å². The summed E-state index contributed by atoms with van der Waals surface area (Å²) >= 11 is 0. The van der Waals surface area contributed by atoms with Crippen LogP contribution in [-0.2, 0) is 0 Å².